The summed E-state index contributed by atoms with van der Waals surface area (Å²) in [5.41, 5.74) is -0.409. The van der Waals surface area contributed by atoms with E-state index in [0.717, 1.165) is 0 Å². The zero-order valence-electron chi connectivity index (χ0n) is 20.3. The fraction of sp³-hybridized carbons (Fsp3) is 0.625. The van der Waals surface area contributed by atoms with Gasteiger partial charge in [-0.2, -0.15) is 4.31 Å². The molecule has 2 fully saturated rings. The fourth-order valence-corrected chi connectivity index (χ4v) is 5.74. The highest BCUT2D eigenvalue weighted by Crippen LogP contribution is 2.21. The van der Waals surface area contributed by atoms with Crippen LogP contribution in [0.15, 0.2) is 35.2 Å². The number of carbonyl (C=O) groups is 3. The Kier molecular flexibility index (Phi) is 8.35. The van der Waals surface area contributed by atoms with Gasteiger partial charge >= 0.3 is 0 Å². The SMILES string of the molecule is CC(C)(C)C(=O)N1CCC(NC(=O)CCC(=O)N2CCN(S(=O)(=O)c3ccccc3)CC2)CC1. The van der Waals surface area contributed by atoms with E-state index in [1.54, 1.807) is 35.2 Å². The molecule has 0 radical (unpaired) electrons. The van der Waals surface area contributed by atoms with Gasteiger partial charge in [-0.1, -0.05) is 39.0 Å². The summed E-state index contributed by atoms with van der Waals surface area (Å²) < 4.78 is 26.8. The highest BCUT2D eigenvalue weighted by atomic mass is 32.2. The summed E-state index contributed by atoms with van der Waals surface area (Å²) >= 11 is 0. The van der Waals surface area contributed by atoms with Crippen molar-refractivity contribution in [2.24, 2.45) is 5.41 Å². The number of carbonyl (C=O) groups excluding carboxylic acids is 3. The minimum Gasteiger partial charge on any atom is -0.353 e. The van der Waals surface area contributed by atoms with Gasteiger partial charge in [0.05, 0.1) is 4.90 Å². The Balaban J connectivity index is 1.38. The molecule has 2 aliphatic heterocycles. The van der Waals surface area contributed by atoms with E-state index >= 15 is 0 Å². The smallest absolute Gasteiger partial charge is 0.243 e. The average molecular weight is 493 g/mol. The van der Waals surface area contributed by atoms with Crippen molar-refractivity contribution >= 4 is 27.7 Å². The van der Waals surface area contributed by atoms with Gasteiger partial charge in [0.1, 0.15) is 0 Å². The van der Waals surface area contributed by atoms with E-state index in [2.05, 4.69) is 5.32 Å². The van der Waals surface area contributed by atoms with Gasteiger partial charge in [0.2, 0.25) is 27.7 Å². The molecule has 34 heavy (non-hydrogen) atoms. The predicted octanol–water partition coefficient (Wildman–Crippen LogP) is 1.45. The minimum atomic E-state index is -3.56. The molecule has 0 unspecified atom stereocenters. The van der Waals surface area contributed by atoms with Crippen LogP contribution in [0.3, 0.4) is 0 Å². The van der Waals surface area contributed by atoms with Crippen LogP contribution < -0.4 is 5.32 Å². The van der Waals surface area contributed by atoms with E-state index in [0.29, 0.717) is 39.0 Å². The van der Waals surface area contributed by atoms with Gasteiger partial charge < -0.3 is 15.1 Å². The Labute approximate surface area is 202 Å². The number of benzene rings is 1. The monoisotopic (exact) mass is 492 g/mol. The molecular formula is C24H36N4O5S. The van der Waals surface area contributed by atoms with E-state index < -0.39 is 15.4 Å². The molecule has 0 aromatic heterocycles. The van der Waals surface area contributed by atoms with Crippen LogP contribution in [0.4, 0.5) is 0 Å². The van der Waals surface area contributed by atoms with Crippen molar-refractivity contribution in [2.75, 3.05) is 39.3 Å². The van der Waals surface area contributed by atoms with Crippen LogP contribution in [0.1, 0.15) is 46.5 Å². The fourth-order valence-electron chi connectivity index (χ4n) is 4.30. The highest BCUT2D eigenvalue weighted by molar-refractivity contribution is 7.89. The first kappa shape index (κ1) is 26.2. The number of nitrogens with one attached hydrogen (secondary N) is 1. The van der Waals surface area contributed by atoms with E-state index in [9.17, 15) is 22.8 Å². The van der Waals surface area contributed by atoms with Crippen molar-refractivity contribution in [1.82, 2.24) is 19.4 Å². The molecule has 10 heteroatoms. The summed E-state index contributed by atoms with van der Waals surface area (Å²) in [6.45, 7) is 8.06. The number of sulfonamides is 1. The van der Waals surface area contributed by atoms with Gasteiger partial charge in [-0.05, 0) is 25.0 Å². The van der Waals surface area contributed by atoms with E-state index in [1.165, 1.54) is 4.31 Å². The van der Waals surface area contributed by atoms with Crippen molar-refractivity contribution in [2.45, 2.75) is 57.4 Å². The van der Waals surface area contributed by atoms with Gasteiger partial charge in [-0.15, -0.1) is 0 Å². The maximum absolute atomic E-state index is 12.7. The predicted molar refractivity (Wildman–Crippen MR) is 128 cm³/mol. The first-order valence-corrected chi connectivity index (χ1v) is 13.3. The number of nitrogens with zero attached hydrogens (tertiary/aromatic N) is 3. The van der Waals surface area contributed by atoms with Gasteiger partial charge in [0.15, 0.2) is 0 Å². The second-order valence-electron chi connectivity index (χ2n) is 9.98. The maximum atomic E-state index is 12.7. The first-order chi connectivity index (χ1) is 16.0. The van der Waals surface area contributed by atoms with Crippen LogP contribution in [0, 0.1) is 5.41 Å². The van der Waals surface area contributed by atoms with E-state index in [-0.39, 0.29) is 54.6 Å². The summed E-state index contributed by atoms with van der Waals surface area (Å²) in [6.07, 6.45) is 1.61. The number of hydrogen-bond donors (Lipinski definition) is 1. The third kappa shape index (κ3) is 6.56. The largest absolute Gasteiger partial charge is 0.353 e. The maximum Gasteiger partial charge on any atom is 0.243 e. The molecule has 2 heterocycles. The second-order valence-corrected chi connectivity index (χ2v) is 11.9. The number of piperidine rings is 1. The number of piperazine rings is 1. The lowest BCUT2D eigenvalue weighted by Crippen LogP contribution is -2.51. The Bertz CT molecular complexity index is 974. The molecule has 1 N–H and O–H groups in total. The standard InChI is InChI=1S/C24H36N4O5S/c1-24(2,3)23(31)27-13-11-19(12-14-27)25-21(29)9-10-22(30)26-15-17-28(18-16-26)34(32,33)20-7-5-4-6-8-20/h4-8,19H,9-18H2,1-3H3,(H,25,29). The number of amides is 3. The molecule has 0 spiro atoms. The van der Waals surface area contributed by atoms with E-state index in [4.69, 9.17) is 0 Å². The normalized spacial score (nSPS) is 18.6. The molecule has 3 amide bonds. The van der Waals surface area contributed by atoms with Crippen molar-refractivity contribution in [3.63, 3.8) is 0 Å². The van der Waals surface area contributed by atoms with Gasteiger partial charge in [-0.25, -0.2) is 8.42 Å². The Morgan fingerprint density at radius 1 is 0.882 bits per heavy atom. The molecule has 0 aliphatic carbocycles. The average Bonchev–Trinajstić information content (AvgIpc) is 2.82. The zero-order chi connectivity index (χ0) is 24.9. The van der Waals surface area contributed by atoms with Crippen LogP contribution in [0.5, 0.6) is 0 Å². The summed E-state index contributed by atoms with van der Waals surface area (Å²) in [4.78, 5) is 41.0. The van der Waals surface area contributed by atoms with Crippen molar-refractivity contribution in [3.05, 3.63) is 30.3 Å². The lowest BCUT2D eigenvalue weighted by molar-refractivity contribution is -0.140. The summed E-state index contributed by atoms with van der Waals surface area (Å²) in [7, 11) is -3.56. The Morgan fingerprint density at radius 2 is 1.47 bits per heavy atom. The number of likely N-dealkylation sites (tertiary alicyclic amines) is 1. The topological polar surface area (TPSA) is 107 Å². The molecule has 2 aliphatic rings. The molecule has 3 rings (SSSR count). The molecule has 188 valence electrons. The highest BCUT2D eigenvalue weighted by Gasteiger charge is 2.32. The van der Waals surface area contributed by atoms with Crippen LogP contribution >= 0.6 is 0 Å². The van der Waals surface area contributed by atoms with Gasteiger partial charge in [0.25, 0.3) is 0 Å². The summed E-state index contributed by atoms with van der Waals surface area (Å²) in [6, 6.07) is 8.29. The Morgan fingerprint density at radius 3 is 2.03 bits per heavy atom. The number of hydrogen-bond acceptors (Lipinski definition) is 5. The summed E-state index contributed by atoms with van der Waals surface area (Å²) in [5.74, 6) is -0.184. The van der Waals surface area contributed by atoms with Gasteiger partial charge in [-0.3, -0.25) is 14.4 Å². The minimum absolute atomic E-state index is 0.0124. The zero-order valence-corrected chi connectivity index (χ0v) is 21.1. The molecule has 2 saturated heterocycles. The third-order valence-electron chi connectivity index (χ3n) is 6.33. The van der Waals surface area contributed by atoms with Crippen molar-refractivity contribution in [3.8, 4) is 0 Å². The molecule has 0 atom stereocenters. The van der Waals surface area contributed by atoms with Crippen LogP contribution in [0.2, 0.25) is 0 Å². The lowest BCUT2D eigenvalue weighted by Gasteiger charge is -2.36. The molecule has 1 aromatic rings. The quantitative estimate of drug-likeness (QED) is 0.647. The third-order valence-corrected chi connectivity index (χ3v) is 8.24. The van der Waals surface area contributed by atoms with Crippen molar-refractivity contribution < 1.29 is 22.8 Å². The molecule has 0 bridgehead atoms. The molecule has 1 aromatic carbocycles. The molecular weight excluding hydrogens is 456 g/mol. The van der Waals surface area contributed by atoms with Crippen LogP contribution in [-0.4, -0.2) is 85.6 Å². The Hall–Kier alpha value is -2.46. The molecule has 9 nitrogen and oxygen atoms in total. The second kappa shape index (κ2) is 10.9. The first-order valence-electron chi connectivity index (χ1n) is 11.9. The summed E-state index contributed by atoms with van der Waals surface area (Å²) in [5, 5.41) is 2.99. The van der Waals surface area contributed by atoms with Crippen LogP contribution in [0.25, 0.3) is 0 Å². The van der Waals surface area contributed by atoms with E-state index in [1.807, 2.05) is 25.7 Å². The van der Waals surface area contributed by atoms with Gasteiger partial charge in [0, 0.05) is 63.6 Å². The van der Waals surface area contributed by atoms with Crippen LogP contribution in [-0.2, 0) is 24.4 Å². The van der Waals surface area contributed by atoms with Crippen molar-refractivity contribution in [1.29, 1.82) is 0 Å². The number of rotatable bonds is 6. The lowest BCUT2D eigenvalue weighted by atomic mass is 9.93. The molecule has 0 saturated carbocycles.